The summed E-state index contributed by atoms with van der Waals surface area (Å²) < 4.78 is 40.0. The van der Waals surface area contributed by atoms with E-state index in [1.54, 1.807) is 6.92 Å². The molecule has 0 radical (unpaired) electrons. The number of hydrogen-bond donors (Lipinski definition) is 1. The molecule has 0 aliphatic carbocycles. The standard InChI is InChI=1S/C20H17ClF3N3O/c1-12-6-8-14(9-7-12)11-27-18(21)17(13(2)26-27)19(28)25-16-5-3-4-15(10-16)20(22,23)24/h3-10H,11H2,1-2H3,(H,25,28). The molecule has 8 heteroatoms. The molecule has 0 aliphatic heterocycles. The highest BCUT2D eigenvalue weighted by Crippen LogP contribution is 2.31. The first kappa shape index (κ1) is 19.9. The maximum Gasteiger partial charge on any atom is 0.416 e. The van der Waals surface area contributed by atoms with Crippen molar-refractivity contribution in [2.24, 2.45) is 0 Å². The van der Waals surface area contributed by atoms with Gasteiger partial charge < -0.3 is 5.32 Å². The van der Waals surface area contributed by atoms with Crippen molar-refractivity contribution in [2.45, 2.75) is 26.6 Å². The number of nitrogens with one attached hydrogen (secondary N) is 1. The molecule has 0 unspecified atom stereocenters. The number of nitrogens with zero attached hydrogens (tertiary/aromatic N) is 2. The van der Waals surface area contributed by atoms with Crippen molar-refractivity contribution >= 4 is 23.2 Å². The molecule has 1 heterocycles. The van der Waals surface area contributed by atoms with Gasteiger partial charge >= 0.3 is 6.18 Å². The van der Waals surface area contributed by atoms with Crippen molar-refractivity contribution in [3.63, 3.8) is 0 Å². The fourth-order valence-electron chi connectivity index (χ4n) is 2.75. The molecule has 146 valence electrons. The van der Waals surface area contributed by atoms with Gasteiger partial charge in [-0.3, -0.25) is 4.79 Å². The van der Waals surface area contributed by atoms with Crippen LogP contribution in [0.15, 0.2) is 48.5 Å². The summed E-state index contributed by atoms with van der Waals surface area (Å²) in [6, 6.07) is 12.2. The second-order valence-corrected chi connectivity index (χ2v) is 6.79. The number of alkyl halides is 3. The first-order valence-electron chi connectivity index (χ1n) is 8.42. The van der Waals surface area contributed by atoms with Crippen molar-refractivity contribution in [3.8, 4) is 0 Å². The summed E-state index contributed by atoms with van der Waals surface area (Å²) in [5.41, 5.74) is 1.78. The van der Waals surface area contributed by atoms with E-state index >= 15 is 0 Å². The Morgan fingerprint density at radius 3 is 2.46 bits per heavy atom. The van der Waals surface area contributed by atoms with Crippen molar-refractivity contribution < 1.29 is 18.0 Å². The minimum atomic E-state index is -4.49. The van der Waals surface area contributed by atoms with Gasteiger partial charge in [-0.2, -0.15) is 18.3 Å². The van der Waals surface area contributed by atoms with Crippen LogP contribution in [0.25, 0.3) is 0 Å². The molecule has 0 aliphatic rings. The fourth-order valence-corrected chi connectivity index (χ4v) is 3.07. The molecule has 4 nitrogen and oxygen atoms in total. The Morgan fingerprint density at radius 2 is 1.82 bits per heavy atom. The molecule has 3 aromatic rings. The summed E-state index contributed by atoms with van der Waals surface area (Å²) in [5, 5.41) is 6.88. The quantitative estimate of drug-likeness (QED) is 0.623. The van der Waals surface area contributed by atoms with Crippen LogP contribution in [0.1, 0.15) is 32.7 Å². The highest BCUT2D eigenvalue weighted by molar-refractivity contribution is 6.33. The van der Waals surface area contributed by atoms with Crippen molar-refractivity contribution in [2.75, 3.05) is 5.32 Å². The zero-order valence-electron chi connectivity index (χ0n) is 15.1. The van der Waals surface area contributed by atoms with Gasteiger partial charge in [0.25, 0.3) is 5.91 Å². The molecule has 1 amide bonds. The Balaban J connectivity index is 1.83. The van der Waals surface area contributed by atoms with Gasteiger partial charge in [0, 0.05) is 5.69 Å². The molecule has 28 heavy (non-hydrogen) atoms. The van der Waals surface area contributed by atoms with Gasteiger partial charge in [0.2, 0.25) is 0 Å². The van der Waals surface area contributed by atoms with Crippen LogP contribution >= 0.6 is 11.6 Å². The minimum Gasteiger partial charge on any atom is -0.322 e. The number of halogens is 4. The number of benzene rings is 2. The van der Waals surface area contributed by atoms with Crippen LogP contribution in [0.5, 0.6) is 0 Å². The van der Waals surface area contributed by atoms with Gasteiger partial charge in [-0.1, -0.05) is 47.5 Å². The van der Waals surface area contributed by atoms with E-state index in [0.29, 0.717) is 12.2 Å². The third-order valence-electron chi connectivity index (χ3n) is 4.19. The largest absolute Gasteiger partial charge is 0.416 e. The van der Waals surface area contributed by atoms with Crippen LogP contribution in [0.2, 0.25) is 5.15 Å². The average Bonchev–Trinajstić information content (AvgIpc) is 2.90. The Morgan fingerprint density at radius 1 is 1.14 bits per heavy atom. The zero-order chi connectivity index (χ0) is 20.5. The molecule has 0 atom stereocenters. The minimum absolute atomic E-state index is 0.0292. The highest BCUT2D eigenvalue weighted by atomic mass is 35.5. The number of amides is 1. The van der Waals surface area contributed by atoms with Crippen molar-refractivity contribution in [1.29, 1.82) is 0 Å². The topological polar surface area (TPSA) is 46.9 Å². The van der Waals surface area contributed by atoms with E-state index in [1.807, 2.05) is 31.2 Å². The summed E-state index contributed by atoms with van der Waals surface area (Å²) in [7, 11) is 0. The van der Waals surface area contributed by atoms with Crippen molar-refractivity contribution in [3.05, 3.63) is 81.6 Å². The van der Waals surface area contributed by atoms with Crippen LogP contribution in [0.3, 0.4) is 0 Å². The van der Waals surface area contributed by atoms with Crippen LogP contribution in [-0.2, 0) is 12.7 Å². The average molecular weight is 408 g/mol. The predicted molar refractivity (Wildman–Crippen MR) is 102 cm³/mol. The number of anilines is 1. The lowest BCUT2D eigenvalue weighted by Gasteiger charge is -2.10. The molecule has 3 rings (SSSR count). The number of hydrogen-bond acceptors (Lipinski definition) is 2. The Kier molecular flexibility index (Phi) is 5.47. The third-order valence-corrected chi connectivity index (χ3v) is 4.58. The monoisotopic (exact) mass is 407 g/mol. The summed E-state index contributed by atoms with van der Waals surface area (Å²) in [4.78, 5) is 12.6. The predicted octanol–water partition coefficient (Wildman–Crippen LogP) is 5.47. The van der Waals surface area contributed by atoms with Gasteiger partial charge in [0.05, 0.1) is 23.4 Å². The molecule has 0 bridgehead atoms. The van der Waals surface area contributed by atoms with E-state index in [9.17, 15) is 18.0 Å². The summed E-state index contributed by atoms with van der Waals surface area (Å²) in [5.74, 6) is -0.614. The van der Waals surface area contributed by atoms with Gasteiger partial charge in [-0.25, -0.2) is 4.68 Å². The lowest BCUT2D eigenvalue weighted by atomic mass is 10.1. The Hall–Kier alpha value is -2.80. The molecule has 0 spiro atoms. The first-order valence-corrected chi connectivity index (χ1v) is 8.80. The number of carbonyl (C=O) groups is 1. The second-order valence-electron chi connectivity index (χ2n) is 6.43. The van der Waals surface area contributed by atoms with E-state index < -0.39 is 17.6 Å². The van der Waals surface area contributed by atoms with E-state index in [-0.39, 0.29) is 16.4 Å². The molecular weight excluding hydrogens is 391 g/mol. The molecular formula is C20H17ClF3N3O. The van der Waals surface area contributed by atoms with Gasteiger partial charge in [0.1, 0.15) is 5.15 Å². The molecule has 0 saturated carbocycles. The highest BCUT2D eigenvalue weighted by Gasteiger charge is 2.30. The zero-order valence-corrected chi connectivity index (χ0v) is 15.9. The van der Waals surface area contributed by atoms with Crippen LogP contribution in [-0.4, -0.2) is 15.7 Å². The van der Waals surface area contributed by atoms with Crippen molar-refractivity contribution in [1.82, 2.24) is 9.78 Å². The summed E-state index contributed by atoms with van der Waals surface area (Å²) >= 11 is 6.34. The number of carbonyl (C=O) groups excluding carboxylic acids is 1. The Labute approximate surface area is 164 Å². The van der Waals surface area contributed by atoms with E-state index in [4.69, 9.17) is 11.6 Å². The van der Waals surface area contributed by atoms with E-state index in [1.165, 1.54) is 16.8 Å². The molecule has 1 aromatic heterocycles. The van der Waals surface area contributed by atoms with Gasteiger partial charge in [-0.05, 0) is 37.6 Å². The van der Waals surface area contributed by atoms with Crippen LogP contribution in [0, 0.1) is 13.8 Å². The van der Waals surface area contributed by atoms with E-state index in [2.05, 4.69) is 10.4 Å². The second kappa shape index (κ2) is 7.67. The van der Waals surface area contributed by atoms with E-state index in [0.717, 1.165) is 23.3 Å². The van der Waals surface area contributed by atoms with Gasteiger partial charge in [0.15, 0.2) is 0 Å². The SMILES string of the molecule is Cc1ccc(Cn2nc(C)c(C(=O)Nc3cccc(C(F)(F)F)c3)c2Cl)cc1. The third kappa shape index (κ3) is 4.36. The lowest BCUT2D eigenvalue weighted by Crippen LogP contribution is -2.14. The number of aromatic nitrogens is 2. The normalized spacial score (nSPS) is 11.5. The molecule has 0 saturated heterocycles. The van der Waals surface area contributed by atoms with Gasteiger partial charge in [-0.15, -0.1) is 0 Å². The first-order chi connectivity index (χ1) is 13.1. The smallest absolute Gasteiger partial charge is 0.322 e. The molecule has 0 fully saturated rings. The number of aryl methyl sites for hydroxylation is 2. The lowest BCUT2D eigenvalue weighted by molar-refractivity contribution is -0.137. The maximum absolute atomic E-state index is 12.8. The molecule has 2 aromatic carbocycles. The van der Waals surface area contributed by atoms with Crippen LogP contribution in [0.4, 0.5) is 18.9 Å². The maximum atomic E-state index is 12.8. The number of rotatable bonds is 4. The fraction of sp³-hybridized carbons (Fsp3) is 0.200. The summed E-state index contributed by atoms with van der Waals surface area (Å²) in [6.45, 7) is 3.97. The Bertz CT molecular complexity index is 1010. The molecule has 1 N–H and O–H groups in total. The van der Waals surface area contributed by atoms with Crippen LogP contribution < -0.4 is 5.32 Å². The summed E-state index contributed by atoms with van der Waals surface area (Å²) in [6.07, 6.45) is -4.49.